The van der Waals surface area contributed by atoms with E-state index in [1.165, 1.54) is 4.90 Å². The molecule has 240 valence electrons. The Morgan fingerprint density at radius 3 is 2.16 bits per heavy atom. The van der Waals surface area contributed by atoms with E-state index in [0.29, 0.717) is 31.6 Å². The predicted molar refractivity (Wildman–Crippen MR) is 167 cm³/mol. The number of benzene rings is 1. The Morgan fingerprint density at radius 2 is 1.57 bits per heavy atom. The van der Waals surface area contributed by atoms with Crippen molar-refractivity contribution in [3.8, 4) is 0 Å². The van der Waals surface area contributed by atoms with Gasteiger partial charge in [-0.3, -0.25) is 19.2 Å². The number of nitrogens with one attached hydrogen (secondary N) is 3. The fraction of sp³-hybridized carbons (Fsp3) is 0.656. The second kappa shape index (κ2) is 14.5. The van der Waals surface area contributed by atoms with E-state index < -0.39 is 58.4 Å². The van der Waals surface area contributed by atoms with Gasteiger partial charge in [-0.05, 0) is 67.9 Å². The summed E-state index contributed by atoms with van der Waals surface area (Å²) in [4.78, 5) is 66.5. The Bertz CT molecular complexity index is 1230. The van der Waals surface area contributed by atoms with Gasteiger partial charge in [-0.15, -0.1) is 23.2 Å². The van der Waals surface area contributed by atoms with Crippen LogP contribution in [0.3, 0.4) is 0 Å². The van der Waals surface area contributed by atoms with Crippen LogP contribution in [-0.2, 0) is 32.0 Å². The highest BCUT2D eigenvalue weighted by Gasteiger charge is 2.48. The molecule has 0 radical (unpaired) electrons. The number of nitrogens with zero attached hydrogens (tertiary/aromatic N) is 1. The summed E-state index contributed by atoms with van der Waals surface area (Å²) >= 11 is 12.7. The molecule has 1 aliphatic heterocycles. The molecule has 5 amide bonds. The molecule has 0 spiro atoms. The smallest absolute Gasteiger partial charge is 0.315 e. The van der Waals surface area contributed by atoms with E-state index in [0.717, 1.165) is 56.1 Å². The zero-order valence-corrected chi connectivity index (χ0v) is 26.5. The molecule has 0 bridgehead atoms. The molecule has 4 aliphatic rings. The second-order valence-electron chi connectivity index (χ2n) is 12.9. The quantitative estimate of drug-likeness (QED) is 0.203. The number of primary amides is 1. The number of hydrogen-bond donors (Lipinski definition) is 4. The average Bonchev–Trinajstić information content (AvgIpc) is 3.55. The van der Waals surface area contributed by atoms with E-state index >= 15 is 0 Å². The van der Waals surface area contributed by atoms with Gasteiger partial charge < -0.3 is 26.6 Å². The number of fused-ring (bicyclic) bond motifs is 1. The van der Waals surface area contributed by atoms with Gasteiger partial charge in [0, 0.05) is 18.5 Å². The van der Waals surface area contributed by atoms with E-state index in [1.54, 1.807) is 0 Å². The van der Waals surface area contributed by atoms with Crippen LogP contribution >= 0.6 is 23.2 Å². The van der Waals surface area contributed by atoms with Gasteiger partial charge in [-0.1, -0.05) is 56.4 Å². The lowest BCUT2D eigenvalue weighted by Gasteiger charge is -2.34. The topological polar surface area (TPSA) is 151 Å². The second-order valence-corrected chi connectivity index (χ2v) is 14.1. The normalized spacial score (nSPS) is 23.6. The van der Waals surface area contributed by atoms with Gasteiger partial charge in [-0.25, -0.2) is 4.79 Å². The maximum Gasteiger partial charge on any atom is 0.315 e. The Morgan fingerprint density at radius 1 is 0.909 bits per heavy atom. The number of carbonyl (C=O) groups excluding carboxylic acids is 5. The van der Waals surface area contributed by atoms with E-state index in [2.05, 4.69) is 16.0 Å². The van der Waals surface area contributed by atoms with Crippen LogP contribution in [0.15, 0.2) is 24.3 Å². The molecule has 3 aliphatic carbocycles. The maximum atomic E-state index is 14.4. The summed E-state index contributed by atoms with van der Waals surface area (Å²) < 4.78 is 0. The summed E-state index contributed by atoms with van der Waals surface area (Å²) in [6.45, 7) is 0.204. The zero-order chi connectivity index (χ0) is 31.4. The van der Waals surface area contributed by atoms with Gasteiger partial charge in [0.15, 0.2) is 0 Å². The van der Waals surface area contributed by atoms with Gasteiger partial charge in [0.1, 0.15) is 16.9 Å². The van der Waals surface area contributed by atoms with E-state index in [1.807, 2.05) is 24.3 Å². The molecular weight excluding hydrogens is 605 g/mol. The van der Waals surface area contributed by atoms with Crippen molar-refractivity contribution in [2.75, 3.05) is 6.54 Å². The highest BCUT2D eigenvalue weighted by atomic mass is 35.5. The minimum Gasteiger partial charge on any atom is -0.363 e. The molecule has 1 saturated heterocycles. The number of ketones is 1. The SMILES string of the molecule is NC(=O)C(=O)C(CCC1CC1)NC(=O)[C@@H]1[C@@H](C(Cl)Cl)CCN1C(=O)[C@@H](NC(=O)NC1CCCCC1)C1Cc2ccccc2C1. The van der Waals surface area contributed by atoms with Crippen molar-refractivity contribution in [1.29, 1.82) is 0 Å². The molecule has 5 N–H and O–H groups in total. The molecule has 10 nitrogen and oxygen atoms in total. The first kappa shape index (κ1) is 32.5. The van der Waals surface area contributed by atoms with Crippen LogP contribution in [0.1, 0.15) is 75.3 Å². The summed E-state index contributed by atoms with van der Waals surface area (Å²) in [6.07, 6.45) is 9.68. The molecule has 0 aromatic heterocycles. The van der Waals surface area contributed by atoms with Crippen LogP contribution in [0.5, 0.6) is 0 Å². The zero-order valence-electron chi connectivity index (χ0n) is 24.9. The average molecular weight is 649 g/mol. The molecule has 1 aromatic carbocycles. The van der Waals surface area contributed by atoms with Crippen LogP contribution in [0.4, 0.5) is 4.79 Å². The van der Waals surface area contributed by atoms with E-state index in [-0.39, 0.29) is 24.9 Å². The first-order valence-corrected chi connectivity index (χ1v) is 16.9. The number of rotatable bonds is 12. The molecule has 2 saturated carbocycles. The summed E-state index contributed by atoms with van der Waals surface area (Å²) in [5.41, 5.74) is 7.56. The standard InChI is InChI=1S/C32H43Cl2N5O5/c33-28(34)23-14-15-39(26(23)30(42)37-24(27(40)29(35)41)13-12-18-10-11-18)31(43)25(21-16-19-6-4-5-7-20(19)17-21)38-32(44)36-22-8-2-1-3-9-22/h4-7,18,21-26,28H,1-3,8-17H2,(H2,35,41)(H,37,42)(H2,36,38,44)/t23-,24?,25-,26-/m0/s1. The minimum atomic E-state index is -1.12. The third-order valence-corrected chi connectivity index (χ3v) is 10.5. The van der Waals surface area contributed by atoms with Crippen LogP contribution < -0.4 is 21.7 Å². The number of alkyl halides is 2. The van der Waals surface area contributed by atoms with Crippen LogP contribution in [-0.4, -0.2) is 70.0 Å². The summed E-state index contributed by atoms with van der Waals surface area (Å²) in [7, 11) is 0. The van der Waals surface area contributed by atoms with Gasteiger partial charge in [0.25, 0.3) is 5.91 Å². The highest BCUT2D eigenvalue weighted by Crippen LogP contribution is 2.36. The maximum absolute atomic E-state index is 14.4. The number of urea groups is 1. The third kappa shape index (κ3) is 7.86. The molecule has 1 unspecified atom stereocenters. The Kier molecular flexibility index (Phi) is 10.7. The van der Waals surface area contributed by atoms with Crippen LogP contribution in [0.25, 0.3) is 0 Å². The lowest BCUT2D eigenvalue weighted by Crippen LogP contribution is -2.60. The van der Waals surface area contributed by atoms with Crippen molar-refractivity contribution in [3.63, 3.8) is 0 Å². The Balaban J connectivity index is 1.36. The summed E-state index contributed by atoms with van der Waals surface area (Å²) in [6, 6.07) is 4.56. The number of nitrogens with two attached hydrogens (primary N) is 1. The first-order chi connectivity index (χ1) is 21.1. The van der Waals surface area contributed by atoms with Crippen molar-refractivity contribution in [1.82, 2.24) is 20.9 Å². The summed E-state index contributed by atoms with van der Waals surface area (Å²) in [5.74, 6) is -3.36. The number of halogens is 2. The van der Waals surface area contributed by atoms with Crippen molar-refractivity contribution in [2.24, 2.45) is 23.5 Å². The lowest BCUT2D eigenvalue weighted by atomic mass is 9.93. The number of hydrogen-bond acceptors (Lipinski definition) is 5. The van der Waals surface area contributed by atoms with Crippen LogP contribution in [0.2, 0.25) is 0 Å². The van der Waals surface area contributed by atoms with E-state index in [9.17, 15) is 24.0 Å². The first-order valence-electron chi connectivity index (χ1n) is 16.0. The molecular formula is C32H43Cl2N5O5. The predicted octanol–water partition coefficient (Wildman–Crippen LogP) is 3.15. The number of Topliss-reactive ketones (excluding diaryl/α,β-unsaturated/α-hetero) is 1. The number of carbonyl (C=O) groups is 5. The van der Waals surface area contributed by atoms with Gasteiger partial charge in [0.2, 0.25) is 17.6 Å². The van der Waals surface area contributed by atoms with Crippen molar-refractivity contribution in [2.45, 2.75) is 106 Å². The molecule has 3 fully saturated rings. The van der Waals surface area contributed by atoms with E-state index in [4.69, 9.17) is 28.9 Å². The fourth-order valence-electron chi connectivity index (χ4n) is 7.17. The molecule has 1 heterocycles. The molecule has 4 atom stereocenters. The number of likely N-dealkylation sites (tertiary alicyclic amines) is 1. The van der Waals surface area contributed by atoms with Crippen molar-refractivity contribution < 1.29 is 24.0 Å². The van der Waals surface area contributed by atoms with Gasteiger partial charge in [0.05, 0.1) is 6.04 Å². The molecule has 12 heteroatoms. The minimum absolute atomic E-state index is 0.0543. The number of amides is 5. The summed E-state index contributed by atoms with van der Waals surface area (Å²) in [5, 5.41) is 8.75. The molecule has 1 aromatic rings. The van der Waals surface area contributed by atoms with Gasteiger partial charge in [-0.2, -0.15) is 0 Å². The fourth-order valence-corrected chi connectivity index (χ4v) is 7.70. The van der Waals surface area contributed by atoms with Crippen LogP contribution in [0, 0.1) is 17.8 Å². The monoisotopic (exact) mass is 647 g/mol. The van der Waals surface area contributed by atoms with Crippen molar-refractivity contribution >= 4 is 52.7 Å². The lowest BCUT2D eigenvalue weighted by molar-refractivity contribution is -0.143. The largest absolute Gasteiger partial charge is 0.363 e. The molecule has 44 heavy (non-hydrogen) atoms. The van der Waals surface area contributed by atoms with Crippen molar-refractivity contribution in [3.05, 3.63) is 35.4 Å². The Hall–Kier alpha value is -2.85. The highest BCUT2D eigenvalue weighted by molar-refractivity contribution is 6.44. The Labute approximate surface area is 268 Å². The third-order valence-electron chi connectivity index (χ3n) is 9.80. The van der Waals surface area contributed by atoms with Gasteiger partial charge >= 0.3 is 6.03 Å². The molecule has 5 rings (SSSR count).